The van der Waals surface area contributed by atoms with Gasteiger partial charge in [-0.3, -0.25) is 14.9 Å². The summed E-state index contributed by atoms with van der Waals surface area (Å²) in [4.78, 5) is 22.0. The number of non-ortho nitro benzene ring substituents is 1. The van der Waals surface area contributed by atoms with Gasteiger partial charge < -0.3 is 10.6 Å². The Balaban J connectivity index is 1.72. The molecule has 0 bridgehead atoms. The highest BCUT2D eigenvalue weighted by atomic mass is 32.1. The minimum Gasteiger partial charge on any atom is -0.332 e. The first-order valence-electron chi connectivity index (χ1n) is 7.90. The summed E-state index contributed by atoms with van der Waals surface area (Å²) in [5.74, 6) is 0.570. The van der Waals surface area contributed by atoms with Crippen LogP contribution in [0.5, 0.6) is 0 Å². The Morgan fingerprint density at radius 3 is 2.48 bits per heavy atom. The summed E-state index contributed by atoms with van der Waals surface area (Å²) < 4.78 is 0. The molecule has 0 spiro atoms. The second kappa shape index (κ2) is 8.57. The summed E-state index contributed by atoms with van der Waals surface area (Å²) in [7, 11) is 0. The van der Waals surface area contributed by atoms with Crippen LogP contribution in [0, 0.1) is 16.0 Å². The second-order valence-electron chi connectivity index (χ2n) is 5.85. The summed E-state index contributed by atoms with van der Waals surface area (Å²) in [6.45, 7) is 0. The Bertz CT molecular complexity index is 568. The van der Waals surface area contributed by atoms with Crippen LogP contribution in [-0.4, -0.2) is 15.9 Å². The molecule has 0 radical (unpaired) electrons. The van der Waals surface area contributed by atoms with Crippen LogP contribution in [0.25, 0.3) is 0 Å². The SMILES string of the molecule is O=C(CCC1CCCCC1)NC(=S)Nc1ccc([N+](=O)[O-])cc1. The van der Waals surface area contributed by atoms with Crippen LogP contribution in [-0.2, 0) is 4.79 Å². The van der Waals surface area contributed by atoms with Crippen molar-refractivity contribution in [3.63, 3.8) is 0 Å². The van der Waals surface area contributed by atoms with Crippen LogP contribution in [0.2, 0.25) is 0 Å². The maximum atomic E-state index is 11.9. The van der Waals surface area contributed by atoms with Gasteiger partial charge in [0.2, 0.25) is 5.91 Å². The summed E-state index contributed by atoms with van der Waals surface area (Å²) in [6.07, 6.45) is 7.68. The number of rotatable bonds is 5. The van der Waals surface area contributed by atoms with Crippen molar-refractivity contribution in [2.45, 2.75) is 44.9 Å². The van der Waals surface area contributed by atoms with Crippen molar-refractivity contribution in [3.8, 4) is 0 Å². The predicted octanol–water partition coefficient (Wildman–Crippen LogP) is 3.77. The van der Waals surface area contributed by atoms with E-state index in [1.54, 1.807) is 12.1 Å². The van der Waals surface area contributed by atoms with Crippen LogP contribution in [0.15, 0.2) is 24.3 Å². The van der Waals surface area contributed by atoms with Gasteiger partial charge in [-0.05, 0) is 36.7 Å². The van der Waals surface area contributed by atoms with Gasteiger partial charge >= 0.3 is 0 Å². The van der Waals surface area contributed by atoms with Gasteiger partial charge in [0.25, 0.3) is 5.69 Å². The number of hydrogen-bond donors (Lipinski definition) is 2. The number of anilines is 1. The van der Waals surface area contributed by atoms with E-state index >= 15 is 0 Å². The number of amides is 1. The van der Waals surface area contributed by atoms with Crippen molar-refractivity contribution in [2.24, 2.45) is 5.92 Å². The van der Waals surface area contributed by atoms with Crippen molar-refractivity contribution in [3.05, 3.63) is 34.4 Å². The lowest BCUT2D eigenvalue weighted by molar-refractivity contribution is -0.384. The molecule has 0 aromatic heterocycles. The monoisotopic (exact) mass is 335 g/mol. The molecule has 1 aromatic carbocycles. The summed E-state index contributed by atoms with van der Waals surface area (Å²) in [6, 6.07) is 5.88. The zero-order valence-corrected chi connectivity index (χ0v) is 13.7. The van der Waals surface area contributed by atoms with Crippen molar-refractivity contribution < 1.29 is 9.72 Å². The standard InChI is InChI=1S/C16H21N3O3S/c20-15(11-6-12-4-2-1-3-5-12)18-16(23)17-13-7-9-14(10-8-13)19(21)22/h7-10,12H,1-6,11H2,(H2,17,18,20,23). The van der Waals surface area contributed by atoms with Crippen LogP contribution >= 0.6 is 12.2 Å². The van der Waals surface area contributed by atoms with Gasteiger partial charge in [-0.2, -0.15) is 0 Å². The van der Waals surface area contributed by atoms with Gasteiger partial charge in [0, 0.05) is 24.2 Å². The van der Waals surface area contributed by atoms with Crippen LogP contribution in [0.4, 0.5) is 11.4 Å². The third kappa shape index (κ3) is 5.94. The fourth-order valence-electron chi connectivity index (χ4n) is 2.83. The molecule has 23 heavy (non-hydrogen) atoms. The lowest BCUT2D eigenvalue weighted by atomic mass is 9.86. The Hall–Kier alpha value is -2.02. The lowest BCUT2D eigenvalue weighted by Gasteiger charge is -2.21. The second-order valence-corrected chi connectivity index (χ2v) is 6.26. The maximum Gasteiger partial charge on any atom is 0.269 e. The number of carbonyl (C=O) groups excluding carboxylic acids is 1. The molecule has 0 aliphatic heterocycles. The first-order valence-corrected chi connectivity index (χ1v) is 8.30. The average molecular weight is 335 g/mol. The van der Waals surface area contributed by atoms with E-state index in [1.165, 1.54) is 44.2 Å². The first kappa shape index (κ1) is 17.3. The Morgan fingerprint density at radius 2 is 1.87 bits per heavy atom. The molecule has 1 aliphatic carbocycles. The summed E-state index contributed by atoms with van der Waals surface area (Å²) in [5, 5.41) is 16.3. The minimum atomic E-state index is -0.463. The normalized spacial score (nSPS) is 15.0. The number of nitro benzene ring substituents is 1. The number of nitrogens with zero attached hydrogens (tertiary/aromatic N) is 1. The van der Waals surface area contributed by atoms with Gasteiger partial charge in [0.05, 0.1) is 4.92 Å². The van der Waals surface area contributed by atoms with Crippen LogP contribution < -0.4 is 10.6 Å². The molecule has 1 fully saturated rings. The average Bonchev–Trinajstić information content (AvgIpc) is 2.54. The molecule has 0 unspecified atom stereocenters. The fraction of sp³-hybridized carbons (Fsp3) is 0.500. The van der Waals surface area contributed by atoms with Crippen molar-refractivity contribution in [1.82, 2.24) is 5.32 Å². The molecule has 6 nitrogen and oxygen atoms in total. The number of thiocarbonyl (C=S) groups is 1. The topological polar surface area (TPSA) is 84.3 Å². The van der Waals surface area contributed by atoms with E-state index in [9.17, 15) is 14.9 Å². The van der Waals surface area contributed by atoms with Gasteiger partial charge in [-0.15, -0.1) is 0 Å². The fourth-order valence-corrected chi connectivity index (χ4v) is 3.06. The molecule has 0 heterocycles. The van der Waals surface area contributed by atoms with E-state index in [0.717, 1.165) is 6.42 Å². The van der Waals surface area contributed by atoms with Gasteiger partial charge in [0.15, 0.2) is 5.11 Å². The predicted molar refractivity (Wildman–Crippen MR) is 93.3 cm³/mol. The molecule has 1 aliphatic rings. The molecule has 0 atom stereocenters. The van der Waals surface area contributed by atoms with E-state index < -0.39 is 4.92 Å². The smallest absolute Gasteiger partial charge is 0.269 e. The van der Waals surface area contributed by atoms with Crippen LogP contribution in [0.3, 0.4) is 0 Å². The molecule has 1 saturated carbocycles. The van der Waals surface area contributed by atoms with Gasteiger partial charge in [0.1, 0.15) is 0 Å². The molecule has 1 aromatic rings. The molecular weight excluding hydrogens is 314 g/mol. The zero-order chi connectivity index (χ0) is 16.7. The van der Waals surface area contributed by atoms with Crippen molar-refractivity contribution >= 4 is 34.6 Å². The zero-order valence-electron chi connectivity index (χ0n) is 12.9. The van der Waals surface area contributed by atoms with Gasteiger partial charge in [-0.25, -0.2) is 0 Å². The highest BCUT2D eigenvalue weighted by Gasteiger charge is 2.15. The third-order valence-electron chi connectivity index (χ3n) is 4.09. The Morgan fingerprint density at radius 1 is 1.22 bits per heavy atom. The molecule has 2 N–H and O–H groups in total. The van der Waals surface area contributed by atoms with Crippen molar-refractivity contribution in [2.75, 3.05) is 5.32 Å². The quantitative estimate of drug-likeness (QED) is 0.486. The number of hydrogen-bond acceptors (Lipinski definition) is 4. The molecule has 2 rings (SSSR count). The van der Waals surface area contributed by atoms with E-state index in [2.05, 4.69) is 10.6 Å². The third-order valence-corrected chi connectivity index (χ3v) is 4.30. The summed E-state index contributed by atoms with van der Waals surface area (Å²) in [5.41, 5.74) is 0.617. The Labute approximate surface area is 140 Å². The highest BCUT2D eigenvalue weighted by molar-refractivity contribution is 7.80. The van der Waals surface area contributed by atoms with E-state index in [4.69, 9.17) is 12.2 Å². The largest absolute Gasteiger partial charge is 0.332 e. The molecule has 124 valence electrons. The first-order chi connectivity index (χ1) is 11.0. The summed E-state index contributed by atoms with van der Waals surface area (Å²) >= 11 is 5.09. The van der Waals surface area contributed by atoms with E-state index in [-0.39, 0.29) is 16.7 Å². The van der Waals surface area contributed by atoms with Crippen molar-refractivity contribution in [1.29, 1.82) is 0 Å². The molecule has 0 saturated heterocycles. The highest BCUT2D eigenvalue weighted by Crippen LogP contribution is 2.27. The Kier molecular flexibility index (Phi) is 6.46. The number of nitro groups is 1. The van der Waals surface area contributed by atoms with Gasteiger partial charge in [-0.1, -0.05) is 32.1 Å². The van der Waals surface area contributed by atoms with Crippen LogP contribution in [0.1, 0.15) is 44.9 Å². The molecular formula is C16H21N3O3S. The maximum absolute atomic E-state index is 11.9. The lowest BCUT2D eigenvalue weighted by Crippen LogP contribution is -2.34. The number of carbonyl (C=O) groups is 1. The molecule has 7 heteroatoms. The number of benzene rings is 1. The van der Waals surface area contributed by atoms with E-state index in [1.807, 2.05) is 0 Å². The number of nitrogens with one attached hydrogen (secondary N) is 2. The minimum absolute atomic E-state index is 0.0120. The molecule has 1 amide bonds. The van der Waals surface area contributed by atoms with E-state index in [0.29, 0.717) is 18.0 Å².